The van der Waals surface area contributed by atoms with Gasteiger partial charge in [-0.05, 0) is 29.8 Å². The van der Waals surface area contributed by atoms with Crippen molar-refractivity contribution in [3.8, 4) is 11.5 Å². The van der Waals surface area contributed by atoms with E-state index in [1.807, 2.05) is 18.2 Å². The van der Waals surface area contributed by atoms with Crippen LogP contribution in [0.4, 0.5) is 5.69 Å². The van der Waals surface area contributed by atoms with E-state index in [-0.39, 0.29) is 5.91 Å². The van der Waals surface area contributed by atoms with Crippen molar-refractivity contribution < 1.29 is 14.3 Å². The summed E-state index contributed by atoms with van der Waals surface area (Å²) in [5.41, 5.74) is 1.55. The van der Waals surface area contributed by atoms with E-state index in [2.05, 4.69) is 10.6 Å². The smallest absolute Gasteiger partial charge is 0.225 e. The highest BCUT2D eigenvalue weighted by atomic mass is 35.5. The zero-order chi connectivity index (χ0) is 18.2. The summed E-state index contributed by atoms with van der Waals surface area (Å²) < 4.78 is 10.5. The van der Waals surface area contributed by atoms with Crippen LogP contribution in [0.1, 0.15) is 12.0 Å². The maximum atomic E-state index is 12.0. The minimum Gasteiger partial charge on any atom is -0.493 e. The van der Waals surface area contributed by atoms with Crippen molar-refractivity contribution in [2.45, 2.75) is 13.0 Å². The van der Waals surface area contributed by atoms with Crippen LogP contribution in [0.15, 0.2) is 36.4 Å². The number of ether oxygens (including phenoxy) is 2. The van der Waals surface area contributed by atoms with Gasteiger partial charge in [0.05, 0.1) is 30.0 Å². The molecule has 0 aliphatic rings. The minimum absolute atomic E-state index is 0.135. The Morgan fingerprint density at radius 2 is 1.84 bits per heavy atom. The number of hydrogen-bond acceptors (Lipinski definition) is 4. The fourth-order valence-corrected chi connectivity index (χ4v) is 2.59. The topological polar surface area (TPSA) is 59.6 Å². The van der Waals surface area contributed by atoms with E-state index < -0.39 is 0 Å². The minimum atomic E-state index is -0.135. The molecule has 7 heteroatoms. The number of methoxy groups -OCH3 is 2. The molecule has 2 rings (SSSR count). The average Bonchev–Trinajstić information content (AvgIpc) is 2.62. The zero-order valence-corrected chi connectivity index (χ0v) is 15.6. The summed E-state index contributed by atoms with van der Waals surface area (Å²) in [6.07, 6.45) is 0.316. The van der Waals surface area contributed by atoms with E-state index >= 15 is 0 Å². The van der Waals surface area contributed by atoms with Crippen LogP contribution in [-0.4, -0.2) is 26.7 Å². The van der Waals surface area contributed by atoms with Crippen molar-refractivity contribution in [1.29, 1.82) is 0 Å². The van der Waals surface area contributed by atoms with Gasteiger partial charge in [-0.25, -0.2) is 0 Å². The van der Waals surface area contributed by atoms with Crippen molar-refractivity contribution in [2.24, 2.45) is 0 Å². The van der Waals surface area contributed by atoms with Gasteiger partial charge in [0.2, 0.25) is 5.91 Å². The number of hydrogen-bond donors (Lipinski definition) is 2. The molecule has 2 N–H and O–H groups in total. The third-order valence-electron chi connectivity index (χ3n) is 3.53. The first kappa shape index (κ1) is 19.4. The Labute approximate surface area is 157 Å². The molecule has 0 aliphatic carbocycles. The summed E-state index contributed by atoms with van der Waals surface area (Å²) in [6, 6.07) is 10.8. The molecule has 0 saturated heterocycles. The van der Waals surface area contributed by atoms with E-state index in [1.165, 1.54) is 0 Å². The second-order valence-corrected chi connectivity index (χ2v) is 6.05. The van der Waals surface area contributed by atoms with Gasteiger partial charge in [-0.2, -0.15) is 0 Å². The molecule has 0 heterocycles. The van der Waals surface area contributed by atoms with E-state index in [1.54, 1.807) is 32.4 Å². The molecule has 0 saturated carbocycles. The molecule has 0 bridgehead atoms. The van der Waals surface area contributed by atoms with Gasteiger partial charge in [0.1, 0.15) is 0 Å². The second kappa shape index (κ2) is 9.51. The molecule has 0 atom stereocenters. The van der Waals surface area contributed by atoms with Crippen molar-refractivity contribution in [3.63, 3.8) is 0 Å². The van der Waals surface area contributed by atoms with Crippen molar-refractivity contribution in [3.05, 3.63) is 52.0 Å². The monoisotopic (exact) mass is 382 g/mol. The van der Waals surface area contributed by atoms with Gasteiger partial charge in [0, 0.05) is 19.5 Å². The van der Waals surface area contributed by atoms with Crippen LogP contribution >= 0.6 is 23.2 Å². The number of benzene rings is 2. The van der Waals surface area contributed by atoms with Crippen LogP contribution in [0.3, 0.4) is 0 Å². The van der Waals surface area contributed by atoms with Gasteiger partial charge in [-0.1, -0.05) is 35.3 Å². The highest BCUT2D eigenvalue weighted by Crippen LogP contribution is 2.29. The third kappa shape index (κ3) is 5.53. The quantitative estimate of drug-likeness (QED) is 0.673. The van der Waals surface area contributed by atoms with E-state index in [4.69, 9.17) is 32.7 Å². The highest BCUT2D eigenvalue weighted by Gasteiger charge is 2.08. The van der Waals surface area contributed by atoms with Gasteiger partial charge in [0.25, 0.3) is 0 Å². The van der Waals surface area contributed by atoms with Crippen molar-refractivity contribution in [1.82, 2.24) is 5.32 Å². The molecule has 25 heavy (non-hydrogen) atoms. The van der Waals surface area contributed by atoms with Gasteiger partial charge >= 0.3 is 0 Å². The first-order valence-corrected chi connectivity index (χ1v) is 8.46. The van der Waals surface area contributed by atoms with Crippen LogP contribution in [0.25, 0.3) is 0 Å². The third-order valence-corrected chi connectivity index (χ3v) is 4.35. The van der Waals surface area contributed by atoms with Gasteiger partial charge in [-0.3, -0.25) is 4.79 Å². The summed E-state index contributed by atoms with van der Waals surface area (Å²) in [7, 11) is 3.20. The lowest BCUT2D eigenvalue weighted by Crippen LogP contribution is -2.21. The Balaban J connectivity index is 1.79. The van der Waals surface area contributed by atoms with E-state index in [0.717, 1.165) is 5.56 Å². The van der Waals surface area contributed by atoms with Crippen LogP contribution in [0, 0.1) is 0 Å². The Morgan fingerprint density at radius 1 is 1.08 bits per heavy atom. The molecule has 0 spiro atoms. The molecule has 134 valence electrons. The Morgan fingerprint density at radius 3 is 2.56 bits per heavy atom. The standard InChI is InChI=1S/C18H20Cl2N2O3/c1-24-15-7-6-12(10-16(15)25-2)11-21-9-8-17(23)22-14-5-3-4-13(19)18(14)20/h3-7,10,21H,8-9,11H2,1-2H3,(H,22,23). The van der Waals surface area contributed by atoms with Crippen molar-refractivity contribution >= 4 is 34.8 Å². The summed E-state index contributed by atoms with van der Waals surface area (Å²) >= 11 is 12.0. The lowest BCUT2D eigenvalue weighted by molar-refractivity contribution is -0.116. The molecular formula is C18H20Cl2N2O3. The first-order valence-electron chi connectivity index (χ1n) is 7.70. The highest BCUT2D eigenvalue weighted by molar-refractivity contribution is 6.43. The largest absolute Gasteiger partial charge is 0.493 e. The summed E-state index contributed by atoms with van der Waals surface area (Å²) in [4.78, 5) is 12.0. The van der Waals surface area contributed by atoms with Gasteiger partial charge < -0.3 is 20.1 Å². The maximum absolute atomic E-state index is 12.0. The fraction of sp³-hybridized carbons (Fsp3) is 0.278. The second-order valence-electron chi connectivity index (χ2n) is 5.27. The molecule has 0 aromatic heterocycles. The zero-order valence-electron chi connectivity index (χ0n) is 14.1. The predicted octanol–water partition coefficient (Wildman–Crippen LogP) is 4.13. The molecule has 2 aromatic rings. The summed E-state index contributed by atoms with van der Waals surface area (Å²) in [6.45, 7) is 1.14. The van der Waals surface area contributed by atoms with Crippen LogP contribution in [0.5, 0.6) is 11.5 Å². The SMILES string of the molecule is COc1ccc(CNCCC(=O)Nc2cccc(Cl)c2Cl)cc1OC. The molecule has 5 nitrogen and oxygen atoms in total. The van der Waals surface area contributed by atoms with Gasteiger partial charge in [0.15, 0.2) is 11.5 Å². The normalized spacial score (nSPS) is 10.4. The number of anilines is 1. The molecule has 1 amide bonds. The average molecular weight is 383 g/mol. The molecule has 0 aliphatic heterocycles. The maximum Gasteiger partial charge on any atom is 0.225 e. The predicted molar refractivity (Wildman–Crippen MR) is 101 cm³/mol. The number of carbonyl (C=O) groups is 1. The molecule has 0 fully saturated rings. The number of nitrogens with one attached hydrogen (secondary N) is 2. The molecule has 2 aromatic carbocycles. The lowest BCUT2D eigenvalue weighted by Gasteiger charge is -2.11. The van der Waals surface area contributed by atoms with Crippen LogP contribution in [0.2, 0.25) is 10.0 Å². The Kier molecular flexibility index (Phi) is 7.37. The number of halogens is 2. The first-order chi connectivity index (χ1) is 12.0. The van der Waals surface area contributed by atoms with Crippen molar-refractivity contribution in [2.75, 3.05) is 26.1 Å². The summed E-state index contributed by atoms with van der Waals surface area (Å²) in [5, 5.41) is 6.72. The van der Waals surface area contributed by atoms with Gasteiger partial charge in [-0.15, -0.1) is 0 Å². The molecular weight excluding hydrogens is 363 g/mol. The van der Waals surface area contributed by atoms with E-state index in [9.17, 15) is 4.79 Å². The fourth-order valence-electron chi connectivity index (χ4n) is 2.24. The number of rotatable bonds is 8. The number of amides is 1. The Bertz CT molecular complexity index is 738. The van der Waals surface area contributed by atoms with Crippen LogP contribution < -0.4 is 20.1 Å². The molecule has 0 radical (unpaired) electrons. The van der Waals surface area contributed by atoms with Crippen LogP contribution in [-0.2, 0) is 11.3 Å². The van der Waals surface area contributed by atoms with E-state index in [0.29, 0.717) is 46.7 Å². The Hall–Kier alpha value is -1.95. The lowest BCUT2D eigenvalue weighted by atomic mass is 10.2. The number of carbonyl (C=O) groups excluding carboxylic acids is 1. The molecule has 0 unspecified atom stereocenters. The summed E-state index contributed by atoms with van der Waals surface area (Å²) in [5.74, 6) is 1.23.